The van der Waals surface area contributed by atoms with E-state index in [1.807, 2.05) is 45.6 Å². The lowest BCUT2D eigenvalue weighted by Crippen LogP contribution is -2.55. The number of carbonyl (C=O) groups excluding carboxylic acids is 1. The number of pyridine rings is 2. The maximum atomic E-state index is 13.1. The predicted octanol–water partition coefficient (Wildman–Crippen LogP) is 5.18. The monoisotopic (exact) mass is 557 g/mol. The van der Waals surface area contributed by atoms with Crippen molar-refractivity contribution in [1.29, 1.82) is 0 Å². The van der Waals surface area contributed by atoms with Gasteiger partial charge in [0.1, 0.15) is 17.2 Å². The SMILES string of the molecule is CCC[C@H]1C[C@H](Nc2nc(Nc3cc(C)[nH]n3)cc3ncc(S(C)(=O)=O)cc23)C[C@@H](C)N1C(=O)OC(C)(C)C. The fourth-order valence-corrected chi connectivity index (χ4v) is 5.64. The molecule has 11 nitrogen and oxygen atoms in total. The largest absolute Gasteiger partial charge is 0.444 e. The molecule has 0 aliphatic carbocycles. The quantitative estimate of drug-likeness (QED) is 0.358. The van der Waals surface area contributed by atoms with Crippen molar-refractivity contribution >= 4 is 44.3 Å². The topological polar surface area (TPSA) is 142 Å². The molecule has 39 heavy (non-hydrogen) atoms. The zero-order chi connectivity index (χ0) is 28.5. The highest BCUT2D eigenvalue weighted by atomic mass is 32.2. The van der Waals surface area contributed by atoms with Gasteiger partial charge in [0.05, 0.1) is 10.4 Å². The molecule has 3 aromatic rings. The summed E-state index contributed by atoms with van der Waals surface area (Å²) in [6.45, 7) is 11.7. The predicted molar refractivity (Wildman–Crippen MR) is 152 cm³/mol. The summed E-state index contributed by atoms with van der Waals surface area (Å²) < 4.78 is 30.3. The Hall–Kier alpha value is -3.41. The highest BCUT2D eigenvalue weighted by molar-refractivity contribution is 7.90. The number of anilines is 3. The minimum absolute atomic E-state index is 0.00398. The van der Waals surface area contributed by atoms with E-state index in [0.717, 1.165) is 24.8 Å². The zero-order valence-electron chi connectivity index (χ0n) is 23.7. The normalized spacial score (nSPS) is 20.2. The van der Waals surface area contributed by atoms with E-state index in [9.17, 15) is 13.2 Å². The summed E-state index contributed by atoms with van der Waals surface area (Å²) in [6, 6.07) is 5.17. The smallest absolute Gasteiger partial charge is 0.410 e. The fraction of sp³-hybridized carbons (Fsp3) is 0.556. The van der Waals surface area contributed by atoms with E-state index in [1.54, 1.807) is 12.1 Å². The van der Waals surface area contributed by atoms with E-state index in [4.69, 9.17) is 9.72 Å². The van der Waals surface area contributed by atoms with Gasteiger partial charge in [-0.1, -0.05) is 13.3 Å². The number of hydrogen-bond acceptors (Lipinski definition) is 9. The van der Waals surface area contributed by atoms with Crippen molar-refractivity contribution in [1.82, 2.24) is 25.1 Å². The first-order valence-corrected chi connectivity index (χ1v) is 15.2. The Labute approximate surface area is 230 Å². The van der Waals surface area contributed by atoms with Crippen LogP contribution in [-0.2, 0) is 14.6 Å². The molecule has 0 unspecified atom stereocenters. The van der Waals surface area contributed by atoms with Gasteiger partial charge in [0.15, 0.2) is 15.7 Å². The number of nitrogens with zero attached hydrogens (tertiary/aromatic N) is 4. The molecule has 3 atom stereocenters. The van der Waals surface area contributed by atoms with Gasteiger partial charge in [-0.2, -0.15) is 5.10 Å². The van der Waals surface area contributed by atoms with E-state index >= 15 is 0 Å². The van der Waals surface area contributed by atoms with E-state index in [-0.39, 0.29) is 29.1 Å². The summed E-state index contributed by atoms with van der Waals surface area (Å²) >= 11 is 0. The second-order valence-corrected chi connectivity index (χ2v) is 13.4. The highest BCUT2D eigenvalue weighted by Crippen LogP contribution is 2.33. The van der Waals surface area contributed by atoms with Gasteiger partial charge in [-0.3, -0.25) is 10.1 Å². The zero-order valence-corrected chi connectivity index (χ0v) is 24.5. The van der Waals surface area contributed by atoms with Gasteiger partial charge in [-0.15, -0.1) is 0 Å². The van der Waals surface area contributed by atoms with Crippen LogP contribution in [0.4, 0.5) is 22.2 Å². The van der Waals surface area contributed by atoms with Crippen LogP contribution in [0.25, 0.3) is 10.9 Å². The molecule has 12 heteroatoms. The first-order valence-electron chi connectivity index (χ1n) is 13.3. The van der Waals surface area contributed by atoms with E-state index in [1.165, 1.54) is 6.20 Å². The highest BCUT2D eigenvalue weighted by Gasteiger charge is 2.38. The molecule has 4 rings (SSSR count). The average molecular weight is 558 g/mol. The molecular weight excluding hydrogens is 518 g/mol. The number of nitrogens with one attached hydrogen (secondary N) is 3. The molecule has 4 heterocycles. The van der Waals surface area contributed by atoms with Crippen LogP contribution in [0.5, 0.6) is 0 Å². The molecule has 1 aliphatic rings. The molecule has 1 fully saturated rings. The minimum atomic E-state index is -3.46. The van der Waals surface area contributed by atoms with Gasteiger partial charge >= 0.3 is 6.09 Å². The molecule has 1 saturated heterocycles. The number of fused-ring (bicyclic) bond motifs is 1. The first kappa shape index (κ1) is 28.6. The van der Waals surface area contributed by atoms with Crippen molar-refractivity contribution in [2.24, 2.45) is 0 Å². The van der Waals surface area contributed by atoms with Gasteiger partial charge in [-0.25, -0.2) is 18.2 Å². The van der Waals surface area contributed by atoms with Gasteiger partial charge in [-0.05, 0) is 59.9 Å². The van der Waals surface area contributed by atoms with Gasteiger partial charge in [0, 0.05) is 53.8 Å². The lowest BCUT2D eigenvalue weighted by atomic mass is 9.89. The third-order valence-electron chi connectivity index (χ3n) is 6.66. The Morgan fingerprint density at radius 3 is 2.56 bits per heavy atom. The van der Waals surface area contributed by atoms with Crippen molar-refractivity contribution in [3.8, 4) is 0 Å². The number of piperidine rings is 1. The average Bonchev–Trinajstić information content (AvgIpc) is 3.21. The molecular formula is C27H39N7O4S. The summed E-state index contributed by atoms with van der Waals surface area (Å²) in [7, 11) is -3.46. The summed E-state index contributed by atoms with van der Waals surface area (Å²) in [5.74, 6) is 1.67. The number of aryl methyl sites for hydroxylation is 1. The van der Waals surface area contributed by atoms with Crippen LogP contribution >= 0.6 is 0 Å². The summed E-state index contributed by atoms with van der Waals surface area (Å²) in [4.78, 5) is 24.3. The Balaban J connectivity index is 1.68. The van der Waals surface area contributed by atoms with Gasteiger partial charge in [0.25, 0.3) is 0 Å². The molecule has 0 radical (unpaired) electrons. The molecule has 0 aromatic carbocycles. The molecule has 0 saturated carbocycles. The maximum Gasteiger partial charge on any atom is 0.410 e. The van der Waals surface area contributed by atoms with Crippen molar-refractivity contribution in [2.75, 3.05) is 16.9 Å². The van der Waals surface area contributed by atoms with E-state index in [0.29, 0.717) is 41.2 Å². The number of amides is 1. The lowest BCUT2D eigenvalue weighted by Gasteiger charge is -2.44. The lowest BCUT2D eigenvalue weighted by molar-refractivity contribution is -0.00543. The number of ether oxygens (including phenoxy) is 1. The standard InChI is InChI=1S/C27H39N7O4S/c1-8-9-19-12-18(11-17(3)34(19)26(35)38-27(4,5)6)29-25-21-13-20(39(7,36)37)15-28-22(21)14-23(31-25)30-24-10-16(2)32-33-24/h10,13-15,17-19H,8-9,11-12H2,1-7H3,(H3,29,30,31,32,33)/t17-,18-,19+/m1/s1. The Morgan fingerprint density at radius 1 is 1.21 bits per heavy atom. The Morgan fingerprint density at radius 2 is 1.95 bits per heavy atom. The summed E-state index contributed by atoms with van der Waals surface area (Å²) in [5.41, 5.74) is 0.926. The third-order valence-corrected chi connectivity index (χ3v) is 7.74. The van der Waals surface area contributed by atoms with Crippen LogP contribution in [0.2, 0.25) is 0 Å². The van der Waals surface area contributed by atoms with Crippen LogP contribution in [0.1, 0.15) is 66.0 Å². The number of rotatable bonds is 7. The summed E-state index contributed by atoms with van der Waals surface area (Å²) in [6.07, 6.45) is 5.38. The number of aromatic amines is 1. The number of likely N-dealkylation sites (tertiary alicyclic amines) is 1. The van der Waals surface area contributed by atoms with Crippen molar-refractivity contribution in [2.45, 2.75) is 95.8 Å². The Kier molecular flexibility index (Phi) is 8.06. The van der Waals surface area contributed by atoms with Crippen LogP contribution in [0, 0.1) is 6.92 Å². The molecule has 0 spiro atoms. The molecule has 3 aromatic heterocycles. The van der Waals surface area contributed by atoms with Crippen LogP contribution in [-0.4, -0.2) is 69.6 Å². The molecule has 1 amide bonds. The second-order valence-electron chi connectivity index (χ2n) is 11.4. The number of carbonyl (C=O) groups is 1. The van der Waals surface area contributed by atoms with Crippen molar-refractivity contribution in [3.05, 3.63) is 30.1 Å². The van der Waals surface area contributed by atoms with Crippen molar-refractivity contribution in [3.63, 3.8) is 0 Å². The van der Waals surface area contributed by atoms with Crippen LogP contribution in [0.3, 0.4) is 0 Å². The first-order chi connectivity index (χ1) is 18.2. The summed E-state index contributed by atoms with van der Waals surface area (Å²) in [5, 5.41) is 14.5. The molecule has 0 bridgehead atoms. The molecule has 3 N–H and O–H groups in total. The number of H-pyrrole nitrogens is 1. The van der Waals surface area contributed by atoms with E-state index < -0.39 is 15.4 Å². The number of aromatic nitrogens is 4. The van der Waals surface area contributed by atoms with Gasteiger partial charge < -0.3 is 20.3 Å². The van der Waals surface area contributed by atoms with Crippen molar-refractivity contribution < 1.29 is 17.9 Å². The number of hydrogen-bond donors (Lipinski definition) is 3. The Bertz CT molecular complexity index is 1450. The minimum Gasteiger partial charge on any atom is -0.444 e. The maximum absolute atomic E-state index is 13.1. The number of sulfone groups is 1. The fourth-order valence-electron chi connectivity index (χ4n) is 5.06. The van der Waals surface area contributed by atoms with Crippen LogP contribution in [0.15, 0.2) is 29.3 Å². The molecule has 1 aliphatic heterocycles. The van der Waals surface area contributed by atoms with Crippen LogP contribution < -0.4 is 10.6 Å². The van der Waals surface area contributed by atoms with E-state index in [2.05, 4.69) is 32.7 Å². The van der Waals surface area contributed by atoms with Gasteiger partial charge in [0.2, 0.25) is 0 Å². The second kappa shape index (κ2) is 11.0. The molecule has 212 valence electrons. The third kappa shape index (κ3) is 6.97.